The van der Waals surface area contributed by atoms with Crippen LogP contribution in [0, 0.1) is 0 Å². The predicted octanol–water partition coefficient (Wildman–Crippen LogP) is 1.15. The quantitative estimate of drug-likeness (QED) is 0.219. The molecule has 10 nitrogen and oxygen atoms in total. The molecular weight excluding hydrogens is 521 g/mol. The van der Waals surface area contributed by atoms with E-state index in [9.17, 15) is 8.42 Å². The highest BCUT2D eigenvalue weighted by atomic mass is 127. The number of furan rings is 1. The van der Waals surface area contributed by atoms with Crippen LogP contribution >= 0.6 is 24.0 Å². The normalized spacial score (nSPS) is 11.7. The average Bonchev–Trinajstić information content (AvgIpc) is 3.35. The number of hydrogen-bond acceptors (Lipinski definition) is 6. The van der Waals surface area contributed by atoms with Gasteiger partial charge >= 0.3 is 0 Å². The number of rotatable bonds is 8. The van der Waals surface area contributed by atoms with E-state index in [0.717, 1.165) is 17.1 Å². The lowest BCUT2D eigenvalue weighted by atomic mass is 10.2. The van der Waals surface area contributed by atoms with E-state index in [-0.39, 0.29) is 28.9 Å². The van der Waals surface area contributed by atoms with Crippen LogP contribution in [-0.4, -0.2) is 35.7 Å². The van der Waals surface area contributed by atoms with Crippen LogP contribution in [0.5, 0.6) is 0 Å². The van der Waals surface area contributed by atoms with Crippen molar-refractivity contribution in [3.8, 4) is 0 Å². The van der Waals surface area contributed by atoms with Crippen LogP contribution in [0.2, 0.25) is 0 Å². The summed E-state index contributed by atoms with van der Waals surface area (Å²) in [5, 5.41) is 15.6. The van der Waals surface area contributed by atoms with Crippen LogP contribution in [0.15, 0.2) is 63.3 Å². The molecule has 3 rings (SSSR count). The molecule has 0 saturated carbocycles. The number of sulfonamides is 1. The molecule has 0 aliphatic carbocycles. The van der Waals surface area contributed by atoms with Crippen molar-refractivity contribution in [2.24, 2.45) is 17.2 Å². The number of aliphatic imine (C=N–C) groups is 1. The molecule has 162 valence electrons. The van der Waals surface area contributed by atoms with Crippen molar-refractivity contribution in [2.75, 3.05) is 6.54 Å². The van der Waals surface area contributed by atoms with Crippen LogP contribution in [0.4, 0.5) is 0 Å². The van der Waals surface area contributed by atoms with Gasteiger partial charge in [0.2, 0.25) is 10.0 Å². The lowest BCUT2D eigenvalue weighted by Gasteiger charge is -2.12. The minimum atomic E-state index is -3.71. The molecule has 2 aromatic heterocycles. The molecule has 0 spiro atoms. The van der Waals surface area contributed by atoms with Gasteiger partial charge in [-0.1, -0.05) is 12.1 Å². The first kappa shape index (κ1) is 23.8. The fourth-order valence-electron chi connectivity index (χ4n) is 2.53. The van der Waals surface area contributed by atoms with Crippen LogP contribution in [0.1, 0.15) is 17.1 Å². The molecule has 0 radical (unpaired) electrons. The van der Waals surface area contributed by atoms with Gasteiger partial charge in [-0.15, -0.1) is 24.0 Å². The zero-order valence-corrected chi connectivity index (χ0v) is 19.5. The smallest absolute Gasteiger partial charge is 0.238 e. The van der Waals surface area contributed by atoms with E-state index in [0.29, 0.717) is 32.0 Å². The van der Waals surface area contributed by atoms with Crippen molar-refractivity contribution in [2.45, 2.75) is 24.4 Å². The summed E-state index contributed by atoms with van der Waals surface area (Å²) in [6.07, 6.45) is 3.84. The molecule has 1 aromatic carbocycles. The molecule has 3 aromatic rings. The minimum Gasteiger partial charge on any atom is -0.469 e. The van der Waals surface area contributed by atoms with Crippen LogP contribution < -0.4 is 15.8 Å². The maximum Gasteiger partial charge on any atom is 0.238 e. The Morgan fingerprint density at radius 3 is 2.60 bits per heavy atom. The average molecular weight is 545 g/mol. The molecular formula is C18H24IN7O3S. The zero-order valence-electron chi connectivity index (χ0n) is 16.4. The Morgan fingerprint density at radius 2 is 2.00 bits per heavy atom. The molecule has 0 aliphatic heterocycles. The van der Waals surface area contributed by atoms with E-state index in [4.69, 9.17) is 9.56 Å². The third-order valence-corrected chi connectivity index (χ3v) is 5.06. The van der Waals surface area contributed by atoms with Gasteiger partial charge in [-0.25, -0.2) is 23.5 Å². The summed E-state index contributed by atoms with van der Waals surface area (Å²) >= 11 is 0. The van der Waals surface area contributed by atoms with Gasteiger partial charge < -0.3 is 15.1 Å². The van der Waals surface area contributed by atoms with E-state index < -0.39 is 10.0 Å². The lowest BCUT2D eigenvalue weighted by molar-refractivity contribution is 0.506. The van der Waals surface area contributed by atoms with Crippen molar-refractivity contribution in [3.05, 3.63) is 66.1 Å². The first-order valence-corrected chi connectivity index (χ1v) is 10.5. The molecule has 2 heterocycles. The summed E-state index contributed by atoms with van der Waals surface area (Å²) < 4.78 is 29.7. The largest absolute Gasteiger partial charge is 0.469 e. The predicted molar refractivity (Wildman–Crippen MR) is 123 cm³/mol. The fraction of sp³-hybridized carbons (Fsp3) is 0.278. The van der Waals surface area contributed by atoms with Gasteiger partial charge in [-0.2, -0.15) is 5.10 Å². The Morgan fingerprint density at radius 1 is 1.23 bits per heavy atom. The minimum absolute atomic E-state index is 0. The van der Waals surface area contributed by atoms with Crippen molar-refractivity contribution in [1.82, 2.24) is 25.4 Å². The maximum absolute atomic E-state index is 11.4. The van der Waals surface area contributed by atoms with Crippen molar-refractivity contribution in [1.29, 1.82) is 0 Å². The number of aryl methyl sites for hydroxylation is 1. The highest BCUT2D eigenvalue weighted by molar-refractivity contribution is 14.0. The third kappa shape index (κ3) is 7.11. The van der Waals surface area contributed by atoms with Gasteiger partial charge in [0.05, 0.1) is 24.2 Å². The van der Waals surface area contributed by atoms with Gasteiger partial charge in [0.1, 0.15) is 17.9 Å². The van der Waals surface area contributed by atoms with Crippen molar-refractivity contribution >= 4 is 40.0 Å². The van der Waals surface area contributed by atoms with Gasteiger partial charge in [-0.05, 0) is 29.8 Å². The summed E-state index contributed by atoms with van der Waals surface area (Å²) in [5.41, 5.74) is 0.850. The standard InChI is InChI=1S/C18H23N7O3S.HI/c1-25-17(23-13-24-25)12-22-18(20-9-8-15-3-2-10-28-15)21-11-14-4-6-16(7-5-14)29(19,26)27;/h2-7,10,13H,8-9,11-12H2,1H3,(H2,19,26,27)(H2,20,21,22);1H. The van der Waals surface area contributed by atoms with Gasteiger partial charge in [0.15, 0.2) is 5.96 Å². The second kappa shape index (κ2) is 11.1. The number of guanidine groups is 1. The van der Waals surface area contributed by atoms with E-state index in [2.05, 4.69) is 25.7 Å². The van der Waals surface area contributed by atoms with Gasteiger partial charge in [0.25, 0.3) is 0 Å². The van der Waals surface area contributed by atoms with E-state index in [1.165, 1.54) is 18.5 Å². The highest BCUT2D eigenvalue weighted by Crippen LogP contribution is 2.09. The van der Waals surface area contributed by atoms with Crippen LogP contribution in [0.25, 0.3) is 0 Å². The molecule has 0 atom stereocenters. The summed E-state index contributed by atoms with van der Waals surface area (Å²) in [6.45, 7) is 1.44. The second-order valence-corrected chi connectivity index (χ2v) is 7.82. The monoisotopic (exact) mass is 545 g/mol. The Labute approximate surface area is 192 Å². The highest BCUT2D eigenvalue weighted by Gasteiger charge is 2.07. The maximum atomic E-state index is 11.4. The molecule has 12 heteroatoms. The van der Waals surface area contributed by atoms with Crippen molar-refractivity contribution in [3.63, 3.8) is 0 Å². The number of benzene rings is 1. The number of nitrogens with zero attached hydrogens (tertiary/aromatic N) is 4. The summed E-state index contributed by atoms with van der Waals surface area (Å²) in [6, 6.07) is 10.1. The van der Waals surface area contributed by atoms with E-state index >= 15 is 0 Å². The van der Waals surface area contributed by atoms with Crippen LogP contribution in [-0.2, 0) is 36.6 Å². The Balaban J connectivity index is 0.00000320. The Hall–Kier alpha value is -2.45. The van der Waals surface area contributed by atoms with Crippen LogP contribution in [0.3, 0.4) is 0 Å². The number of hydrogen-bond donors (Lipinski definition) is 3. The number of halogens is 1. The Bertz CT molecular complexity index is 1050. The fourth-order valence-corrected chi connectivity index (χ4v) is 3.05. The summed E-state index contributed by atoms with van der Waals surface area (Å²) in [5.74, 6) is 2.24. The molecule has 4 N–H and O–H groups in total. The molecule has 0 amide bonds. The Kier molecular flexibility index (Phi) is 8.80. The SMILES string of the molecule is Cn1ncnc1CNC(=NCc1ccc(S(N)(=O)=O)cc1)NCCc1ccco1.I. The second-order valence-electron chi connectivity index (χ2n) is 6.26. The lowest BCUT2D eigenvalue weighted by Crippen LogP contribution is -2.38. The molecule has 0 unspecified atom stereocenters. The van der Waals surface area contributed by atoms with E-state index in [1.807, 2.05) is 19.2 Å². The zero-order chi connectivity index (χ0) is 20.7. The molecule has 0 bridgehead atoms. The van der Waals surface area contributed by atoms with Gasteiger partial charge in [-0.3, -0.25) is 4.68 Å². The summed E-state index contributed by atoms with van der Waals surface area (Å²) in [7, 11) is -1.89. The first-order chi connectivity index (χ1) is 13.9. The first-order valence-electron chi connectivity index (χ1n) is 8.91. The number of nitrogens with one attached hydrogen (secondary N) is 2. The topological polar surface area (TPSA) is 140 Å². The van der Waals surface area contributed by atoms with Gasteiger partial charge in [0, 0.05) is 20.0 Å². The van der Waals surface area contributed by atoms with Crippen molar-refractivity contribution < 1.29 is 12.8 Å². The molecule has 0 aliphatic rings. The van der Waals surface area contributed by atoms with E-state index in [1.54, 1.807) is 23.1 Å². The number of primary sulfonamides is 1. The number of aromatic nitrogens is 3. The molecule has 0 saturated heterocycles. The molecule has 30 heavy (non-hydrogen) atoms. The number of nitrogens with two attached hydrogens (primary N) is 1. The third-order valence-electron chi connectivity index (χ3n) is 4.13. The molecule has 0 fully saturated rings. The summed E-state index contributed by atoms with van der Waals surface area (Å²) in [4.78, 5) is 8.81.